The van der Waals surface area contributed by atoms with Crippen molar-refractivity contribution in [1.82, 2.24) is 15.2 Å². The normalized spacial score (nSPS) is 12.0. The molecule has 0 saturated carbocycles. The number of carboxylic acids is 1. The first-order valence-corrected chi connectivity index (χ1v) is 8.96. The van der Waals surface area contributed by atoms with Gasteiger partial charge in [0.15, 0.2) is 5.13 Å². The fourth-order valence-corrected chi connectivity index (χ4v) is 2.59. The molecule has 0 aliphatic carbocycles. The Bertz CT molecular complexity index is 659. The van der Waals surface area contributed by atoms with Gasteiger partial charge >= 0.3 is 37.0 Å². The fraction of sp³-hybridized carbons (Fsp3) is 0.625. The van der Waals surface area contributed by atoms with E-state index < -0.39 is 29.7 Å². The van der Waals surface area contributed by atoms with Crippen molar-refractivity contribution in [2.75, 3.05) is 12.4 Å². The summed E-state index contributed by atoms with van der Waals surface area (Å²) in [6.45, 7) is 8.88. The summed E-state index contributed by atoms with van der Waals surface area (Å²) in [6, 6.07) is -1.48. The van der Waals surface area contributed by atoms with E-state index in [9.17, 15) is 14.4 Å². The molecule has 148 valence electrons. The number of carboxylic acid groups (broad SMARTS) is 1. The number of rotatable bonds is 6. The summed E-state index contributed by atoms with van der Waals surface area (Å²) < 4.78 is 5.15. The van der Waals surface area contributed by atoms with Crippen LogP contribution in [0.25, 0.3) is 0 Å². The maximum absolute atomic E-state index is 12.1. The van der Waals surface area contributed by atoms with E-state index in [0.29, 0.717) is 10.8 Å². The molecular weight excluding hydrogens is 367 g/mol. The molecule has 3 amide bonds. The molecule has 3 N–H and O–H groups in total. The third kappa shape index (κ3) is 9.13. The van der Waals surface area contributed by atoms with Gasteiger partial charge in [-0.25, -0.2) is 19.4 Å². The number of thiazole rings is 1. The zero-order valence-corrected chi connectivity index (χ0v) is 16.6. The zero-order chi connectivity index (χ0) is 20.1. The van der Waals surface area contributed by atoms with Crippen molar-refractivity contribution in [3.8, 4) is 0 Å². The van der Waals surface area contributed by atoms with E-state index in [2.05, 4.69) is 15.6 Å². The molecule has 1 rings (SSSR count). The van der Waals surface area contributed by atoms with Gasteiger partial charge in [0.05, 0.1) is 12.2 Å². The van der Waals surface area contributed by atoms with Crippen molar-refractivity contribution in [3.63, 3.8) is 0 Å². The molecule has 0 bridgehead atoms. The van der Waals surface area contributed by atoms with Crippen LogP contribution in [0.3, 0.4) is 0 Å². The average molecular weight is 394 g/mol. The van der Waals surface area contributed by atoms with E-state index in [1.54, 1.807) is 40.0 Å². The first-order valence-electron chi connectivity index (χ1n) is 8.08. The Morgan fingerprint density at radius 1 is 1.33 bits per heavy atom. The molecule has 11 heteroatoms. The molecule has 0 spiro atoms. The van der Waals surface area contributed by atoms with E-state index in [-0.39, 0.29) is 31.3 Å². The van der Waals surface area contributed by atoms with Gasteiger partial charge in [0.2, 0.25) is 0 Å². The van der Waals surface area contributed by atoms with Crippen LogP contribution in [0.5, 0.6) is 0 Å². The zero-order valence-electron chi connectivity index (χ0n) is 15.8. The summed E-state index contributed by atoms with van der Waals surface area (Å²) in [6.07, 6.45) is -0.606. The van der Waals surface area contributed by atoms with Crippen LogP contribution in [0.15, 0.2) is 5.38 Å². The molecule has 1 atom stereocenters. The molecule has 9 nitrogen and oxygen atoms in total. The number of anilines is 1. The van der Waals surface area contributed by atoms with E-state index in [1.165, 1.54) is 23.3 Å². The quantitative estimate of drug-likeness (QED) is 0.636. The number of aromatic nitrogens is 1. The third-order valence-electron chi connectivity index (χ3n) is 3.12. The molecule has 27 heavy (non-hydrogen) atoms. The van der Waals surface area contributed by atoms with Crippen molar-refractivity contribution in [3.05, 3.63) is 11.1 Å². The van der Waals surface area contributed by atoms with E-state index in [4.69, 9.17) is 9.84 Å². The molecule has 0 aliphatic rings. The SMILES string of the molecule is CC(C)[C@H](NC(=O)N(C)Cc1csc(NC(=O)OC(C)(C)C)n1)C(=O)O.[LiH]. The number of hydrogen-bond donors (Lipinski definition) is 3. The number of hydrogen-bond acceptors (Lipinski definition) is 6. The molecule has 1 heterocycles. The van der Waals surface area contributed by atoms with Crippen LogP contribution in [0, 0.1) is 5.92 Å². The number of carbonyl (C=O) groups is 3. The first-order chi connectivity index (χ1) is 11.9. The van der Waals surface area contributed by atoms with Crippen molar-refractivity contribution in [1.29, 1.82) is 0 Å². The molecule has 0 fully saturated rings. The van der Waals surface area contributed by atoms with E-state index in [0.717, 1.165) is 0 Å². The second kappa shape index (κ2) is 10.5. The summed E-state index contributed by atoms with van der Waals surface area (Å²) in [5.74, 6) is -1.33. The van der Waals surface area contributed by atoms with Crippen LogP contribution >= 0.6 is 11.3 Å². The van der Waals surface area contributed by atoms with Crippen LogP contribution in [-0.2, 0) is 16.1 Å². The second-order valence-corrected chi connectivity index (χ2v) is 7.99. The molecule has 0 unspecified atom stereocenters. The fourth-order valence-electron chi connectivity index (χ4n) is 1.90. The Morgan fingerprint density at radius 2 is 1.93 bits per heavy atom. The van der Waals surface area contributed by atoms with Gasteiger partial charge in [0, 0.05) is 12.4 Å². The monoisotopic (exact) mass is 394 g/mol. The van der Waals surface area contributed by atoms with Gasteiger partial charge in [-0.2, -0.15) is 0 Å². The first kappa shape index (κ1) is 25.2. The van der Waals surface area contributed by atoms with Crippen LogP contribution in [0.2, 0.25) is 0 Å². The van der Waals surface area contributed by atoms with Gasteiger partial charge in [-0.1, -0.05) is 13.8 Å². The van der Waals surface area contributed by atoms with Crippen molar-refractivity contribution in [2.45, 2.75) is 52.8 Å². The number of nitrogens with zero attached hydrogens (tertiary/aromatic N) is 2. The molecule has 0 radical (unpaired) electrons. The van der Waals surface area contributed by atoms with E-state index >= 15 is 0 Å². The molecule has 1 aromatic rings. The van der Waals surface area contributed by atoms with Crippen molar-refractivity contribution in [2.24, 2.45) is 5.92 Å². The Labute approximate surface area is 175 Å². The van der Waals surface area contributed by atoms with Gasteiger partial charge in [-0.3, -0.25) is 5.32 Å². The van der Waals surface area contributed by atoms with Crippen LogP contribution in [0.4, 0.5) is 14.7 Å². The second-order valence-electron chi connectivity index (χ2n) is 7.14. The van der Waals surface area contributed by atoms with Crippen molar-refractivity contribution >= 4 is 53.4 Å². The summed E-state index contributed by atoms with van der Waals surface area (Å²) in [7, 11) is 1.54. The van der Waals surface area contributed by atoms with Crippen molar-refractivity contribution < 1.29 is 24.2 Å². The summed E-state index contributed by atoms with van der Waals surface area (Å²) in [5, 5.41) is 16.2. The van der Waals surface area contributed by atoms with Gasteiger partial charge in [0.1, 0.15) is 11.6 Å². The predicted octanol–water partition coefficient (Wildman–Crippen LogP) is 2.09. The van der Waals surface area contributed by atoms with Gasteiger partial charge in [0.25, 0.3) is 0 Å². The number of nitrogens with one attached hydrogen (secondary N) is 2. The van der Waals surface area contributed by atoms with Crippen LogP contribution in [0.1, 0.15) is 40.3 Å². The van der Waals surface area contributed by atoms with Gasteiger partial charge in [-0.15, -0.1) is 11.3 Å². The number of urea groups is 1. The van der Waals surface area contributed by atoms with Gasteiger partial charge in [-0.05, 0) is 26.7 Å². The summed E-state index contributed by atoms with van der Waals surface area (Å²) >= 11 is 1.21. The Morgan fingerprint density at radius 3 is 2.41 bits per heavy atom. The minimum absolute atomic E-state index is 0. The number of aliphatic carboxylic acids is 1. The van der Waals surface area contributed by atoms with E-state index in [1.807, 2.05) is 0 Å². The molecule has 0 saturated heterocycles. The van der Waals surface area contributed by atoms with Crippen LogP contribution in [-0.4, -0.2) is 70.6 Å². The van der Waals surface area contributed by atoms with Gasteiger partial charge < -0.3 is 20.1 Å². The number of ether oxygens (including phenoxy) is 1. The standard InChI is InChI=1S/C16H26N4O5S.Li.H/c1-9(2)11(12(21)22)18-14(23)20(6)7-10-8-26-13(17-10)19-15(24)25-16(3,4)5;;/h8-9,11H,7H2,1-6H3,(H,18,23)(H,21,22)(H,17,19,24);;/t11-;;/m0../s1. The average Bonchev–Trinajstić information content (AvgIpc) is 2.88. The Hall–Kier alpha value is -1.76. The molecule has 0 aliphatic heterocycles. The predicted molar refractivity (Wildman–Crippen MR) is 105 cm³/mol. The topological polar surface area (TPSA) is 121 Å². The Balaban J connectivity index is 0.00000676. The van der Waals surface area contributed by atoms with Crippen LogP contribution < -0.4 is 10.6 Å². The number of amides is 3. The summed E-state index contributed by atoms with van der Waals surface area (Å²) in [5.41, 5.74) is -0.0466. The number of carbonyl (C=O) groups excluding carboxylic acids is 2. The third-order valence-corrected chi connectivity index (χ3v) is 3.92. The molecule has 1 aromatic heterocycles. The Kier molecular flexibility index (Phi) is 9.85. The maximum atomic E-state index is 12.1. The molecular formula is C16H27LiN4O5S. The molecule has 0 aromatic carbocycles. The minimum atomic E-state index is -1.08. The summed E-state index contributed by atoms with van der Waals surface area (Å²) in [4.78, 5) is 40.6.